The molecule has 10 heteroatoms. The zero-order chi connectivity index (χ0) is 21.8. The third-order valence-corrected chi connectivity index (χ3v) is 7.19. The lowest BCUT2D eigenvalue weighted by atomic mass is 10.2. The fraction of sp³-hybridized carbons (Fsp3) is 0.300. The topological polar surface area (TPSA) is 89.3 Å². The third kappa shape index (κ3) is 4.10. The van der Waals surface area contributed by atoms with Crippen LogP contribution in [0.4, 0.5) is 5.69 Å². The van der Waals surface area contributed by atoms with Crippen molar-refractivity contribution in [2.24, 2.45) is 0 Å². The molecule has 0 spiro atoms. The lowest BCUT2D eigenvalue weighted by molar-refractivity contribution is -0.385. The van der Waals surface area contributed by atoms with Gasteiger partial charge in [0.25, 0.3) is 0 Å². The van der Waals surface area contributed by atoms with Crippen LogP contribution in [0.2, 0.25) is 0 Å². The van der Waals surface area contributed by atoms with Crippen LogP contribution in [0.5, 0.6) is 28.7 Å². The minimum atomic E-state index is -0.470. The van der Waals surface area contributed by atoms with Gasteiger partial charge < -0.3 is 23.7 Å². The maximum atomic E-state index is 11.5. The second-order valence-electron chi connectivity index (χ2n) is 6.01. The van der Waals surface area contributed by atoms with Crippen molar-refractivity contribution in [3.8, 4) is 28.7 Å². The molecule has 1 atom stereocenters. The second-order valence-corrected chi connectivity index (χ2v) is 8.44. The molecule has 1 aliphatic heterocycles. The SMILES string of the molecule is COc1cc(C2=CSC(c3cc(OC)c(OC)c([N+](=O)[O-])c3)S2)cc(OC)c1OC. The van der Waals surface area contributed by atoms with Crippen LogP contribution in [0, 0.1) is 10.1 Å². The number of thioether (sulfide) groups is 2. The molecular formula is C20H21NO7S2. The molecule has 0 fully saturated rings. The number of nitrogens with zero attached hydrogens (tertiary/aromatic N) is 1. The van der Waals surface area contributed by atoms with Crippen molar-refractivity contribution in [3.05, 3.63) is 50.9 Å². The zero-order valence-corrected chi connectivity index (χ0v) is 18.7. The molecule has 3 rings (SSSR count). The average molecular weight is 452 g/mol. The Kier molecular flexibility index (Phi) is 6.88. The largest absolute Gasteiger partial charge is 0.493 e. The van der Waals surface area contributed by atoms with E-state index in [0.717, 1.165) is 16.0 Å². The Hall–Kier alpha value is -2.72. The van der Waals surface area contributed by atoms with E-state index in [9.17, 15) is 10.1 Å². The van der Waals surface area contributed by atoms with E-state index in [-0.39, 0.29) is 16.0 Å². The van der Waals surface area contributed by atoms with Gasteiger partial charge in [0.15, 0.2) is 17.2 Å². The Morgan fingerprint density at radius 2 is 1.40 bits per heavy atom. The zero-order valence-electron chi connectivity index (χ0n) is 17.1. The number of hydrogen-bond acceptors (Lipinski definition) is 9. The van der Waals surface area contributed by atoms with Gasteiger partial charge in [-0.05, 0) is 34.7 Å². The summed E-state index contributed by atoms with van der Waals surface area (Å²) in [5.41, 5.74) is 1.53. The minimum Gasteiger partial charge on any atom is -0.493 e. The van der Waals surface area contributed by atoms with Crippen molar-refractivity contribution >= 4 is 34.1 Å². The molecule has 0 amide bonds. The summed E-state index contributed by atoms with van der Waals surface area (Å²) in [5, 5.41) is 13.5. The fourth-order valence-electron chi connectivity index (χ4n) is 3.04. The first-order valence-electron chi connectivity index (χ1n) is 8.70. The van der Waals surface area contributed by atoms with E-state index in [2.05, 4.69) is 0 Å². The van der Waals surface area contributed by atoms with Gasteiger partial charge in [0.1, 0.15) is 0 Å². The monoisotopic (exact) mass is 451 g/mol. The summed E-state index contributed by atoms with van der Waals surface area (Å²) in [6.07, 6.45) is 0. The van der Waals surface area contributed by atoms with Crippen molar-refractivity contribution in [2.75, 3.05) is 35.5 Å². The van der Waals surface area contributed by atoms with Crippen LogP contribution in [0.15, 0.2) is 29.7 Å². The van der Waals surface area contributed by atoms with Crippen LogP contribution in [-0.4, -0.2) is 40.5 Å². The Bertz CT molecular complexity index is 968. The Morgan fingerprint density at radius 3 is 1.90 bits per heavy atom. The summed E-state index contributed by atoms with van der Waals surface area (Å²) in [6, 6.07) is 7.04. The molecule has 2 aromatic carbocycles. The van der Waals surface area contributed by atoms with Gasteiger partial charge >= 0.3 is 5.69 Å². The number of benzene rings is 2. The summed E-state index contributed by atoms with van der Waals surface area (Å²) in [6.45, 7) is 0. The first-order valence-corrected chi connectivity index (χ1v) is 10.5. The first-order chi connectivity index (χ1) is 14.5. The lowest BCUT2D eigenvalue weighted by Crippen LogP contribution is -1.99. The van der Waals surface area contributed by atoms with Gasteiger partial charge in [-0.15, -0.1) is 23.5 Å². The average Bonchev–Trinajstić information content (AvgIpc) is 3.27. The Morgan fingerprint density at radius 1 is 0.833 bits per heavy atom. The standard InChI is InChI=1S/C20H21NO7S2/c1-24-14-9-12(6-13(21(22)23)18(14)27-4)20-29-10-17(30-20)11-7-15(25-2)19(28-5)16(8-11)26-3/h6-10,20H,1-5H3. The second kappa shape index (κ2) is 9.40. The summed E-state index contributed by atoms with van der Waals surface area (Å²) >= 11 is 3.13. The molecule has 1 aliphatic rings. The first kappa shape index (κ1) is 22.0. The van der Waals surface area contributed by atoms with Gasteiger partial charge in [-0.3, -0.25) is 10.1 Å². The van der Waals surface area contributed by atoms with Crippen molar-refractivity contribution < 1.29 is 28.6 Å². The smallest absolute Gasteiger partial charge is 0.315 e. The molecule has 2 aromatic rings. The molecule has 0 radical (unpaired) electrons. The Balaban J connectivity index is 1.94. The van der Waals surface area contributed by atoms with Crippen molar-refractivity contribution in [1.29, 1.82) is 0 Å². The number of ether oxygens (including phenoxy) is 5. The highest BCUT2D eigenvalue weighted by Gasteiger charge is 2.29. The highest BCUT2D eigenvalue weighted by atomic mass is 32.2. The van der Waals surface area contributed by atoms with Crippen LogP contribution >= 0.6 is 23.5 Å². The molecule has 0 aromatic heterocycles. The molecular weight excluding hydrogens is 430 g/mol. The molecule has 0 saturated heterocycles. The van der Waals surface area contributed by atoms with E-state index >= 15 is 0 Å². The lowest BCUT2D eigenvalue weighted by Gasteiger charge is -2.16. The van der Waals surface area contributed by atoms with E-state index in [4.69, 9.17) is 23.7 Å². The summed E-state index contributed by atoms with van der Waals surface area (Å²) in [5.74, 6) is 2.07. The summed E-state index contributed by atoms with van der Waals surface area (Å²) in [4.78, 5) is 12.0. The number of nitro benzene ring substituents is 1. The van der Waals surface area contributed by atoms with E-state index in [1.54, 1.807) is 50.9 Å². The van der Waals surface area contributed by atoms with Crippen LogP contribution in [0.25, 0.3) is 4.91 Å². The molecule has 1 heterocycles. The normalized spacial score (nSPS) is 15.4. The van der Waals surface area contributed by atoms with Gasteiger partial charge in [0.05, 0.1) is 45.1 Å². The van der Waals surface area contributed by atoms with Crippen LogP contribution in [0.3, 0.4) is 0 Å². The molecule has 30 heavy (non-hydrogen) atoms. The maximum absolute atomic E-state index is 11.5. The molecule has 0 N–H and O–H groups in total. The molecule has 0 saturated carbocycles. The quantitative estimate of drug-likeness (QED) is 0.401. The van der Waals surface area contributed by atoms with Crippen LogP contribution < -0.4 is 23.7 Å². The molecule has 8 nitrogen and oxygen atoms in total. The van der Waals surface area contributed by atoms with Crippen molar-refractivity contribution in [1.82, 2.24) is 0 Å². The van der Waals surface area contributed by atoms with Crippen LogP contribution in [0.1, 0.15) is 15.7 Å². The molecule has 0 aliphatic carbocycles. The number of nitro groups is 1. The highest BCUT2D eigenvalue weighted by molar-refractivity contribution is 8.25. The molecule has 1 unspecified atom stereocenters. The maximum Gasteiger partial charge on any atom is 0.315 e. The minimum absolute atomic E-state index is 0.0856. The van der Waals surface area contributed by atoms with Crippen molar-refractivity contribution in [3.63, 3.8) is 0 Å². The van der Waals surface area contributed by atoms with Crippen molar-refractivity contribution in [2.45, 2.75) is 4.58 Å². The predicted molar refractivity (Wildman–Crippen MR) is 118 cm³/mol. The third-order valence-electron chi connectivity index (χ3n) is 4.43. The van der Waals surface area contributed by atoms with E-state index in [1.807, 2.05) is 17.5 Å². The van der Waals surface area contributed by atoms with Crippen LogP contribution in [-0.2, 0) is 0 Å². The van der Waals surface area contributed by atoms with Gasteiger partial charge in [0, 0.05) is 11.0 Å². The number of methoxy groups -OCH3 is 5. The molecule has 0 bridgehead atoms. The number of hydrogen-bond donors (Lipinski definition) is 0. The van der Waals surface area contributed by atoms with E-state index in [1.165, 1.54) is 20.3 Å². The van der Waals surface area contributed by atoms with E-state index < -0.39 is 4.92 Å². The molecule has 160 valence electrons. The van der Waals surface area contributed by atoms with Gasteiger partial charge in [-0.25, -0.2) is 0 Å². The van der Waals surface area contributed by atoms with E-state index in [0.29, 0.717) is 23.0 Å². The highest BCUT2D eigenvalue weighted by Crippen LogP contribution is 2.57. The van der Waals surface area contributed by atoms with Gasteiger partial charge in [0.2, 0.25) is 11.5 Å². The fourth-order valence-corrected chi connectivity index (χ4v) is 5.56. The van der Waals surface area contributed by atoms with Gasteiger partial charge in [-0.1, -0.05) is 0 Å². The summed E-state index contributed by atoms with van der Waals surface area (Å²) in [7, 11) is 7.53. The number of rotatable bonds is 8. The Labute approximate surface area is 182 Å². The summed E-state index contributed by atoms with van der Waals surface area (Å²) < 4.78 is 26.7. The predicted octanol–water partition coefficient (Wildman–Crippen LogP) is 5.12. The van der Waals surface area contributed by atoms with Gasteiger partial charge in [-0.2, -0.15) is 0 Å².